The van der Waals surface area contributed by atoms with Crippen molar-refractivity contribution in [2.75, 3.05) is 26.2 Å². The summed E-state index contributed by atoms with van der Waals surface area (Å²) in [5, 5.41) is 17.9. The molecule has 0 unspecified atom stereocenters. The van der Waals surface area contributed by atoms with Crippen molar-refractivity contribution >= 4 is 5.91 Å². The highest BCUT2D eigenvalue weighted by atomic mass is 16.3. The van der Waals surface area contributed by atoms with Crippen molar-refractivity contribution in [3.63, 3.8) is 0 Å². The number of piperidine rings is 1. The third-order valence-electron chi connectivity index (χ3n) is 5.95. The lowest BCUT2D eigenvalue weighted by molar-refractivity contribution is -0.0407. The summed E-state index contributed by atoms with van der Waals surface area (Å²) in [5.41, 5.74) is 0.141. The Morgan fingerprint density at radius 1 is 1.32 bits per heavy atom. The van der Waals surface area contributed by atoms with E-state index in [0.29, 0.717) is 11.5 Å². The highest BCUT2D eigenvalue weighted by Gasteiger charge is 2.34. The number of amides is 1. The maximum absolute atomic E-state index is 12.1. The van der Waals surface area contributed by atoms with Crippen molar-refractivity contribution in [1.82, 2.24) is 20.0 Å². The number of aliphatic hydroxyl groups is 1. The summed E-state index contributed by atoms with van der Waals surface area (Å²) >= 11 is 0. The number of aromatic nitrogens is 2. The third-order valence-corrected chi connectivity index (χ3v) is 5.95. The van der Waals surface area contributed by atoms with Gasteiger partial charge in [0.15, 0.2) is 0 Å². The largest absolute Gasteiger partial charge is 0.389 e. The van der Waals surface area contributed by atoms with Crippen LogP contribution >= 0.6 is 0 Å². The first-order valence-corrected chi connectivity index (χ1v) is 9.65. The molecule has 0 radical (unpaired) electrons. The van der Waals surface area contributed by atoms with Crippen molar-refractivity contribution < 1.29 is 9.90 Å². The van der Waals surface area contributed by atoms with Crippen LogP contribution in [0, 0.1) is 11.8 Å². The number of carbonyl (C=O) groups excluding carboxylic acids is 1. The molecule has 0 atom stereocenters. The molecule has 2 fully saturated rings. The highest BCUT2D eigenvalue weighted by Crippen LogP contribution is 2.33. The maximum atomic E-state index is 12.1. The van der Waals surface area contributed by atoms with Crippen LogP contribution in [0.2, 0.25) is 0 Å². The maximum Gasteiger partial charge on any atom is 0.254 e. The van der Waals surface area contributed by atoms with Crippen LogP contribution in [0.25, 0.3) is 0 Å². The molecule has 0 bridgehead atoms. The number of hydrogen-bond donors (Lipinski definition) is 2. The third kappa shape index (κ3) is 5.05. The minimum Gasteiger partial charge on any atom is -0.389 e. The summed E-state index contributed by atoms with van der Waals surface area (Å²) in [6.07, 6.45) is 9.68. The van der Waals surface area contributed by atoms with Crippen LogP contribution in [0.15, 0.2) is 12.4 Å². The number of nitrogens with zero attached hydrogens (tertiary/aromatic N) is 3. The van der Waals surface area contributed by atoms with Crippen LogP contribution in [0.5, 0.6) is 0 Å². The Morgan fingerprint density at radius 2 is 2.00 bits per heavy atom. The molecular formula is C19H32N4O2. The van der Waals surface area contributed by atoms with E-state index in [0.717, 1.165) is 70.6 Å². The molecule has 1 aromatic heterocycles. The van der Waals surface area contributed by atoms with Crippen LogP contribution in [0.3, 0.4) is 0 Å². The zero-order chi connectivity index (χ0) is 17.9. The van der Waals surface area contributed by atoms with Gasteiger partial charge in [0.25, 0.3) is 5.91 Å². The second kappa shape index (κ2) is 7.87. The van der Waals surface area contributed by atoms with Crippen molar-refractivity contribution in [3.8, 4) is 0 Å². The number of rotatable bonds is 5. The predicted octanol–water partition coefficient (Wildman–Crippen LogP) is 1.80. The van der Waals surface area contributed by atoms with Crippen molar-refractivity contribution in [3.05, 3.63) is 18.0 Å². The first-order valence-electron chi connectivity index (χ1n) is 9.65. The molecule has 2 heterocycles. The van der Waals surface area contributed by atoms with Crippen molar-refractivity contribution in [2.24, 2.45) is 18.9 Å². The monoisotopic (exact) mass is 348 g/mol. The molecule has 25 heavy (non-hydrogen) atoms. The van der Waals surface area contributed by atoms with E-state index in [2.05, 4.69) is 22.2 Å². The summed E-state index contributed by atoms with van der Waals surface area (Å²) in [7, 11) is 1.81. The first-order chi connectivity index (χ1) is 11.9. The molecule has 2 N–H and O–H groups in total. The van der Waals surface area contributed by atoms with Gasteiger partial charge in [-0.15, -0.1) is 0 Å². The van der Waals surface area contributed by atoms with Crippen LogP contribution in [-0.2, 0) is 7.05 Å². The average Bonchev–Trinajstić information content (AvgIpc) is 3.03. The first kappa shape index (κ1) is 18.4. The number of β-amino-alcohol motifs (C(OH)–C–C–N with tert-alkyl or cyclic N) is 1. The standard InChI is InChI=1S/C19H32N4O2/c1-15-3-7-19(25,8-4-15)14-23-9-5-16(6-10-23)11-20-18(24)17-12-21-22(2)13-17/h12-13,15-16,25H,3-11,14H2,1-2H3,(H,20,24). The van der Waals surface area contributed by atoms with Crippen LogP contribution < -0.4 is 5.32 Å². The molecule has 1 amide bonds. The van der Waals surface area contributed by atoms with Gasteiger partial charge < -0.3 is 15.3 Å². The molecule has 1 aliphatic heterocycles. The van der Waals surface area contributed by atoms with Gasteiger partial charge in [-0.25, -0.2) is 0 Å². The van der Waals surface area contributed by atoms with Gasteiger partial charge in [0.1, 0.15) is 0 Å². The van der Waals surface area contributed by atoms with E-state index in [9.17, 15) is 9.90 Å². The number of hydrogen-bond acceptors (Lipinski definition) is 4. The SMILES string of the molecule is CC1CCC(O)(CN2CCC(CNC(=O)c3cnn(C)c3)CC2)CC1. The predicted molar refractivity (Wildman–Crippen MR) is 97.3 cm³/mol. The number of carbonyl (C=O) groups is 1. The van der Waals surface area contributed by atoms with Crippen LogP contribution in [0.4, 0.5) is 0 Å². The molecule has 0 spiro atoms. The number of aryl methyl sites for hydroxylation is 1. The summed E-state index contributed by atoms with van der Waals surface area (Å²) in [5.74, 6) is 1.24. The second-order valence-corrected chi connectivity index (χ2v) is 8.24. The lowest BCUT2D eigenvalue weighted by atomic mass is 9.79. The van der Waals surface area contributed by atoms with Gasteiger partial charge >= 0.3 is 0 Å². The molecule has 1 aliphatic carbocycles. The molecule has 1 saturated carbocycles. The van der Waals surface area contributed by atoms with Gasteiger partial charge in [-0.1, -0.05) is 6.92 Å². The molecule has 140 valence electrons. The fraction of sp³-hybridized carbons (Fsp3) is 0.789. The molecule has 1 aromatic rings. The van der Waals surface area contributed by atoms with Gasteiger partial charge in [0.05, 0.1) is 17.4 Å². The van der Waals surface area contributed by atoms with E-state index in [1.165, 1.54) is 0 Å². The van der Waals surface area contributed by atoms with E-state index in [4.69, 9.17) is 0 Å². The molecule has 1 saturated heterocycles. The summed E-state index contributed by atoms with van der Waals surface area (Å²) in [4.78, 5) is 14.5. The Hall–Kier alpha value is -1.40. The molecule has 6 heteroatoms. The summed E-state index contributed by atoms with van der Waals surface area (Å²) < 4.78 is 1.64. The zero-order valence-corrected chi connectivity index (χ0v) is 15.6. The van der Waals surface area contributed by atoms with E-state index < -0.39 is 5.60 Å². The number of likely N-dealkylation sites (tertiary alicyclic amines) is 1. The fourth-order valence-corrected chi connectivity index (χ4v) is 4.10. The van der Waals surface area contributed by atoms with Crippen LogP contribution in [0.1, 0.15) is 55.8 Å². The van der Waals surface area contributed by atoms with Crippen molar-refractivity contribution in [1.29, 1.82) is 0 Å². The average molecular weight is 348 g/mol. The van der Waals surface area contributed by atoms with E-state index >= 15 is 0 Å². The van der Waals surface area contributed by atoms with Gasteiger partial charge in [-0.05, 0) is 63.5 Å². The molecular weight excluding hydrogens is 316 g/mol. The summed E-state index contributed by atoms with van der Waals surface area (Å²) in [6.45, 7) is 5.86. The van der Waals surface area contributed by atoms with Gasteiger partial charge in [-0.3, -0.25) is 9.48 Å². The zero-order valence-electron chi connectivity index (χ0n) is 15.6. The van der Waals surface area contributed by atoms with Crippen LogP contribution in [-0.4, -0.2) is 57.5 Å². The van der Waals surface area contributed by atoms with Crippen molar-refractivity contribution in [2.45, 2.75) is 51.0 Å². The quantitative estimate of drug-likeness (QED) is 0.851. The molecule has 6 nitrogen and oxygen atoms in total. The second-order valence-electron chi connectivity index (χ2n) is 8.24. The topological polar surface area (TPSA) is 70.4 Å². The van der Waals surface area contributed by atoms with E-state index in [1.54, 1.807) is 17.1 Å². The summed E-state index contributed by atoms with van der Waals surface area (Å²) in [6, 6.07) is 0. The fourth-order valence-electron chi connectivity index (χ4n) is 4.10. The van der Waals surface area contributed by atoms with Gasteiger partial charge in [0, 0.05) is 26.3 Å². The Bertz CT molecular complexity index is 570. The minimum atomic E-state index is -0.478. The minimum absolute atomic E-state index is 0.0406. The lowest BCUT2D eigenvalue weighted by Gasteiger charge is -2.41. The molecule has 3 rings (SSSR count). The highest BCUT2D eigenvalue weighted by molar-refractivity contribution is 5.93. The number of nitrogens with one attached hydrogen (secondary N) is 1. The Balaban J connectivity index is 1.38. The van der Waals surface area contributed by atoms with Gasteiger partial charge in [-0.2, -0.15) is 5.10 Å². The Labute approximate surface area is 150 Å². The Morgan fingerprint density at radius 3 is 2.60 bits per heavy atom. The molecule has 0 aromatic carbocycles. The Kier molecular flexibility index (Phi) is 5.79. The molecule has 2 aliphatic rings. The van der Waals surface area contributed by atoms with Gasteiger partial charge in [0.2, 0.25) is 0 Å². The lowest BCUT2D eigenvalue weighted by Crippen LogP contribution is -2.48. The normalized spacial score (nSPS) is 28.8. The van der Waals surface area contributed by atoms with E-state index in [-0.39, 0.29) is 5.91 Å². The smallest absolute Gasteiger partial charge is 0.254 e. The van der Waals surface area contributed by atoms with E-state index in [1.807, 2.05) is 7.05 Å².